The van der Waals surface area contributed by atoms with Crippen LogP contribution in [0.5, 0.6) is 0 Å². The van der Waals surface area contributed by atoms with Gasteiger partial charge in [-0.05, 0) is 68.9 Å². The second-order valence-corrected chi connectivity index (χ2v) is 8.42. The summed E-state index contributed by atoms with van der Waals surface area (Å²) in [6.07, 6.45) is 3.41. The summed E-state index contributed by atoms with van der Waals surface area (Å²) >= 11 is 0. The Bertz CT molecular complexity index is 995. The first kappa shape index (κ1) is 22.0. The van der Waals surface area contributed by atoms with E-state index in [0.29, 0.717) is 31.3 Å². The minimum absolute atomic E-state index is 0.00943. The zero-order valence-electron chi connectivity index (χ0n) is 18.8. The molecule has 1 N–H and O–H groups in total. The number of amides is 1. The molecule has 168 valence electrons. The van der Waals surface area contributed by atoms with Crippen LogP contribution in [0.15, 0.2) is 54.6 Å². The van der Waals surface area contributed by atoms with E-state index in [1.165, 1.54) is 18.5 Å². The number of carbonyl (C=O) groups excluding carboxylic acids is 1. The van der Waals surface area contributed by atoms with Crippen LogP contribution in [0.1, 0.15) is 25.7 Å². The fourth-order valence-electron chi connectivity index (χ4n) is 4.02. The number of aryl methyl sites for hydroxylation is 1. The number of hydrogen-bond acceptors (Lipinski definition) is 6. The second kappa shape index (κ2) is 10.4. The van der Waals surface area contributed by atoms with Crippen LogP contribution in [0, 0.1) is 0 Å². The van der Waals surface area contributed by atoms with Crippen LogP contribution < -0.4 is 10.2 Å². The number of aromatic nitrogens is 4. The fraction of sp³-hybridized carbons (Fsp3) is 0.417. The molecule has 1 saturated heterocycles. The number of carbonyl (C=O) groups is 1. The lowest BCUT2D eigenvalue weighted by Crippen LogP contribution is -2.41. The van der Waals surface area contributed by atoms with Crippen molar-refractivity contribution in [1.82, 2.24) is 25.1 Å². The molecule has 0 spiro atoms. The Hall–Kier alpha value is -3.26. The van der Waals surface area contributed by atoms with Gasteiger partial charge in [0.2, 0.25) is 11.7 Å². The minimum Gasteiger partial charge on any atom is -0.372 e. The molecule has 0 atom stereocenters. The maximum Gasteiger partial charge on any atom is 0.224 e. The zero-order chi connectivity index (χ0) is 22.3. The maximum atomic E-state index is 12.3. The predicted octanol–water partition coefficient (Wildman–Crippen LogP) is 3.29. The number of tetrazole rings is 1. The molecule has 1 aliphatic rings. The van der Waals surface area contributed by atoms with Gasteiger partial charge in [-0.1, -0.05) is 30.3 Å². The van der Waals surface area contributed by atoms with Crippen molar-refractivity contribution in [3.05, 3.63) is 54.6 Å². The van der Waals surface area contributed by atoms with Crippen LogP contribution in [-0.2, 0) is 11.3 Å². The van der Waals surface area contributed by atoms with Crippen molar-refractivity contribution in [1.29, 1.82) is 0 Å². The van der Waals surface area contributed by atoms with E-state index in [1.807, 2.05) is 42.5 Å². The summed E-state index contributed by atoms with van der Waals surface area (Å²) in [6, 6.07) is 18.4. The van der Waals surface area contributed by atoms with Gasteiger partial charge in [-0.15, -0.1) is 10.2 Å². The van der Waals surface area contributed by atoms with Crippen LogP contribution >= 0.6 is 0 Å². The smallest absolute Gasteiger partial charge is 0.224 e. The van der Waals surface area contributed by atoms with E-state index in [4.69, 9.17) is 0 Å². The Morgan fingerprint density at radius 1 is 1.09 bits per heavy atom. The summed E-state index contributed by atoms with van der Waals surface area (Å²) < 4.78 is 0. The van der Waals surface area contributed by atoms with Gasteiger partial charge in [-0.25, -0.2) is 0 Å². The molecule has 0 bridgehead atoms. The van der Waals surface area contributed by atoms with E-state index in [2.05, 4.69) is 56.8 Å². The van der Waals surface area contributed by atoms with Crippen LogP contribution in [0.4, 0.5) is 11.4 Å². The number of nitrogens with zero attached hydrogens (tertiary/aromatic N) is 6. The first-order chi connectivity index (χ1) is 15.6. The third kappa shape index (κ3) is 5.70. The molecule has 0 unspecified atom stereocenters. The van der Waals surface area contributed by atoms with Gasteiger partial charge in [0.1, 0.15) is 0 Å². The quantitative estimate of drug-likeness (QED) is 0.587. The molecule has 1 aliphatic heterocycles. The van der Waals surface area contributed by atoms with E-state index in [0.717, 1.165) is 24.3 Å². The molecule has 1 fully saturated rings. The molecule has 4 rings (SSSR count). The van der Waals surface area contributed by atoms with E-state index >= 15 is 0 Å². The lowest BCUT2D eigenvalue weighted by Gasteiger charge is -2.36. The molecule has 0 saturated carbocycles. The van der Waals surface area contributed by atoms with Crippen LogP contribution in [-0.4, -0.2) is 64.2 Å². The number of hydrogen-bond donors (Lipinski definition) is 1. The number of benzene rings is 2. The van der Waals surface area contributed by atoms with Crippen LogP contribution in [0.25, 0.3) is 11.4 Å². The molecular weight excluding hydrogens is 402 g/mol. The average molecular weight is 434 g/mol. The predicted molar refractivity (Wildman–Crippen MR) is 126 cm³/mol. The van der Waals surface area contributed by atoms with Gasteiger partial charge < -0.3 is 15.1 Å². The largest absolute Gasteiger partial charge is 0.372 e. The van der Waals surface area contributed by atoms with Crippen molar-refractivity contribution in [3.8, 4) is 11.4 Å². The van der Waals surface area contributed by atoms with E-state index in [1.54, 1.807) is 4.80 Å². The SMILES string of the molecule is CN1CCC(N(C)c2ccc(NC(=O)CCCn3nnc(-c4ccccc4)n3)cc2)CC1. The van der Waals surface area contributed by atoms with Crippen molar-refractivity contribution in [2.24, 2.45) is 0 Å². The van der Waals surface area contributed by atoms with Gasteiger partial charge in [-0.2, -0.15) is 4.80 Å². The Balaban J connectivity index is 1.22. The van der Waals surface area contributed by atoms with Crippen LogP contribution in [0.2, 0.25) is 0 Å². The van der Waals surface area contributed by atoms with Gasteiger partial charge in [0.05, 0.1) is 6.54 Å². The van der Waals surface area contributed by atoms with Crippen LogP contribution in [0.3, 0.4) is 0 Å². The highest BCUT2D eigenvalue weighted by Crippen LogP contribution is 2.23. The fourth-order valence-corrected chi connectivity index (χ4v) is 4.02. The summed E-state index contributed by atoms with van der Waals surface area (Å²) in [5.74, 6) is 0.588. The molecule has 3 aromatic rings. The van der Waals surface area contributed by atoms with Crippen molar-refractivity contribution >= 4 is 17.3 Å². The summed E-state index contributed by atoms with van der Waals surface area (Å²) in [7, 11) is 4.34. The van der Waals surface area contributed by atoms with Gasteiger partial charge in [0, 0.05) is 36.4 Å². The molecule has 1 aromatic heterocycles. The lowest BCUT2D eigenvalue weighted by molar-refractivity contribution is -0.116. The Morgan fingerprint density at radius 2 is 1.81 bits per heavy atom. The number of likely N-dealkylation sites (tertiary alicyclic amines) is 1. The van der Waals surface area contributed by atoms with Gasteiger partial charge in [0.15, 0.2) is 0 Å². The molecule has 8 heteroatoms. The Kier molecular flexibility index (Phi) is 7.11. The van der Waals surface area contributed by atoms with Crippen molar-refractivity contribution in [2.45, 2.75) is 38.3 Å². The molecule has 0 aliphatic carbocycles. The highest BCUT2D eigenvalue weighted by atomic mass is 16.1. The topological polar surface area (TPSA) is 79.2 Å². The first-order valence-electron chi connectivity index (χ1n) is 11.2. The van der Waals surface area contributed by atoms with Crippen molar-refractivity contribution in [3.63, 3.8) is 0 Å². The zero-order valence-corrected chi connectivity index (χ0v) is 18.8. The average Bonchev–Trinajstić information content (AvgIpc) is 3.29. The second-order valence-electron chi connectivity index (χ2n) is 8.42. The molecule has 0 radical (unpaired) electrons. The number of rotatable bonds is 8. The number of anilines is 2. The molecule has 32 heavy (non-hydrogen) atoms. The minimum atomic E-state index is -0.00943. The molecule has 8 nitrogen and oxygen atoms in total. The summed E-state index contributed by atoms with van der Waals surface area (Å²) in [6.45, 7) is 2.83. The molecule has 2 heterocycles. The number of nitrogens with one attached hydrogen (secondary N) is 1. The third-order valence-corrected chi connectivity index (χ3v) is 6.04. The van der Waals surface area contributed by atoms with E-state index in [-0.39, 0.29) is 5.91 Å². The summed E-state index contributed by atoms with van der Waals surface area (Å²) in [5.41, 5.74) is 2.94. The normalized spacial score (nSPS) is 14.9. The van der Waals surface area contributed by atoms with Crippen molar-refractivity contribution < 1.29 is 4.79 Å². The highest BCUT2D eigenvalue weighted by molar-refractivity contribution is 5.90. The summed E-state index contributed by atoms with van der Waals surface area (Å²) in [5, 5.41) is 15.5. The Morgan fingerprint density at radius 3 is 2.53 bits per heavy atom. The van der Waals surface area contributed by atoms with E-state index in [9.17, 15) is 4.79 Å². The first-order valence-corrected chi connectivity index (χ1v) is 11.2. The molecule has 2 aromatic carbocycles. The standard InChI is InChI=1S/C24H31N7O/c1-29-17-14-22(15-18-29)30(2)21-12-10-20(11-13-21)25-23(32)9-6-16-31-27-24(26-28-31)19-7-4-3-5-8-19/h3-5,7-8,10-13,22H,6,9,14-18H2,1-2H3,(H,25,32). The van der Waals surface area contributed by atoms with Gasteiger partial charge in [0.25, 0.3) is 0 Å². The lowest BCUT2D eigenvalue weighted by atomic mass is 10.0. The highest BCUT2D eigenvalue weighted by Gasteiger charge is 2.20. The van der Waals surface area contributed by atoms with Crippen molar-refractivity contribution in [2.75, 3.05) is 37.4 Å². The van der Waals surface area contributed by atoms with E-state index < -0.39 is 0 Å². The van der Waals surface area contributed by atoms with Gasteiger partial charge in [-0.3, -0.25) is 4.79 Å². The molecular formula is C24H31N7O. The number of piperidine rings is 1. The Labute approximate surface area is 189 Å². The third-order valence-electron chi connectivity index (χ3n) is 6.04. The monoisotopic (exact) mass is 433 g/mol. The van der Waals surface area contributed by atoms with Gasteiger partial charge >= 0.3 is 0 Å². The summed E-state index contributed by atoms with van der Waals surface area (Å²) in [4.78, 5) is 18.6. The maximum absolute atomic E-state index is 12.3. The molecule has 1 amide bonds.